The monoisotopic (exact) mass is 274 g/mol. The minimum absolute atomic E-state index is 0.00924. The van der Waals surface area contributed by atoms with Gasteiger partial charge >= 0.3 is 0 Å². The van der Waals surface area contributed by atoms with E-state index < -0.39 is 0 Å². The van der Waals surface area contributed by atoms with Gasteiger partial charge in [-0.05, 0) is 57.7 Å². The molecule has 0 bridgehead atoms. The fourth-order valence-electron chi connectivity index (χ4n) is 2.36. The summed E-state index contributed by atoms with van der Waals surface area (Å²) in [7, 11) is 0. The van der Waals surface area contributed by atoms with Crippen LogP contribution in [0, 0.1) is 0 Å². The molecule has 2 rings (SSSR count). The van der Waals surface area contributed by atoms with Gasteiger partial charge in [-0.25, -0.2) is 0 Å². The van der Waals surface area contributed by atoms with Crippen LogP contribution in [0.25, 0.3) is 0 Å². The van der Waals surface area contributed by atoms with Gasteiger partial charge in [0.1, 0.15) is 18.5 Å². The molecule has 1 fully saturated rings. The molecule has 0 N–H and O–H groups in total. The van der Waals surface area contributed by atoms with Crippen LogP contribution in [0.2, 0.25) is 0 Å². The van der Waals surface area contributed by atoms with Gasteiger partial charge in [-0.2, -0.15) is 0 Å². The average Bonchev–Trinajstić information content (AvgIpc) is 3.07. The maximum absolute atomic E-state index is 5.81. The average molecular weight is 274 g/mol. The summed E-state index contributed by atoms with van der Waals surface area (Å²) in [4.78, 5) is 0. The summed E-state index contributed by atoms with van der Waals surface area (Å²) >= 11 is 0. The van der Waals surface area contributed by atoms with Crippen molar-refractivity contribution < 1.29 is 9.47 Å². The first-order valence-electron chi connectivity index (χ1n) is 7.56. The molecule has 1 aliphatic rings. The van der Waals surface area contributed by atoms with Gasteiger partial charge in [-0.1, -0.05) is 30.7 Å². The van der Waals surface area contributed by atoms with Crippen molar-refractivity contribution in [1.82, 2.24) is 0 Å². The summed E-state index contributed by atoms with van der Waals surface area (Å²) in [5.74, 6) is 0.935. The molecule has 2 atom stereocenters. The summed E-state index contributed by atoms with van der Waals surface area (Å²) in [5, 5.41) is 0. The van der Waals surface area contributed by atoms with Crippen molar-refractivity contribution in [2.75, 3.05) is 6.61 Å². The summed E-state index contributed by atoms with van der Waals surface area (Å²) < 4.78 is 11.6. The smallest absolute Gasteiger partial charge is 0.121 e. The molecule has 1 aliphatic heterocycles. The van der Waals surface area contributed by atoms with Crippen LogP contribution in [-0.4, -0.2) is 18.3 Å². The first-order chi connectivity index (χ1) is 9.53. The normalized spacial score (nSPS) is 24.3. The third-order valence-corrected chi connectivity index (χ3v) is 3.96. The number of ether oxygens (including phenoxy) is 2. The van der Waals surface area contributed by atoms with E-state index in [-0.39, 0.29) is 11.7 Å². The van der Waals surface area contributed by atoms with Crippen molar-refractivity contribution in [3.63, 3.8) is 0 Å². The second kappa shape index (κ2) is 6.45. The Kier molecular flexibility index (Phi) is 4.87. The predicted octanol–water partition coefficient (Wildman–Crippen LogP) is 4.53. The SMILES string of the molecule is CCc1ccc(OCC2OC2(C)CCC=C(C)C)cc1. The van der Waals surface area contributed by atoms with E-state index in [4.69, 9.17) is 9.47 Å². The Balaban J connectivity index is 1.74. The van der Waals surface area contributed by atoms with Crippen molar-refractivity contribution in [1.29, 1.82) is 0 Å². The first kappa shape index (κ1) is 15.1. The van der Waals surface area contributed by atoms with Crippen molar-refractivity contribution in [2.24, 2.45) is 0 Å². The molecule has 1 saturated heterocycles. The van der Waals surface area contributed by atoms with Gasteiger partial charge in [-0.15, -0.1) is 0 Å². The molecule has 0 aliphatic carbocycles. The molecular formula is C18H26O2. The van der Waals surface area contributed by atoms with Crippen LogP contribution in [0.4, 0.5) is 0 Å². The predicted molar refractivity (Wildman–Crippen MR) is 83.3 cm³/mol. The molecule has 2 heteroatoms. The molecule has 0 aromatic heterocycles. The van der Waals surface area contributed by atoms with E-state index in [1.54, 1.807) is 0 Å². The fourth-order valence-corrected chi connectivity index (χ4v) is 2.36. The van der Waals surface area contributed by atoms with E-state index in [0.29, 0.717) is 6.61 Å². The molecule has 1 aromatic carbocycles. The third kappa shape index (κ3) is 4.11. The zero-order valence-electron chi connectivity index (χ0n) is 13.1. The van der Waals surface area contributed by atoms with Gasteiger partial charge < -0.3 is 9.47 Å². The van der Waals surface area contributed by atoms with Crippen molar-refractivity contribution in [3.8, 4) is 5.75 Å². The Bertz CT molecular complexity index is 457. The minimum atomic E-state index is 0.00924. The van der Waals surface area contributed by atoms with E-state index in [2.05, 4.69) is 45.9 Å². The van der Waals surface area contributed by atoms with E-state index in [1.807, 2.05) is 12.1 Å². The summed E-state index contributed by atoms with van der Waals surface area (Å²) in [6.45, 7) is 9.26. The molecule has 0 radical (unpaired) electrons. The zero-order valence-corrected chi connectivity index (χ0v) is 13.1. The van der Waals surface area contributed by atoms with Gasteiger partial charge in [-0.3, -0.25) is 0 Å². The Morgan fingerprint density at radius 2 is 2.00 bits per heavy atom. The van der Waals surface area contributed by atoms with E-state index in [1.165, 1.54) is 11.1 Å². The molecule has 1 heterocycles. The van der Waals surface area contributed by atoms with Gasteiger partial charge in [0, 0.05) is 0 Å². The number of hydrogen-bond donors (Lipinski definition) is 0. The molecule has 0 spiro atoms. The number of epoxide rings is 1. The topological polar surface area (TPSA) is 21.8 Å². The minimum Gasteiger partial charge on any atom is -0.491 e. The number of allylic oxidation sites excluding steroid dienone is 2. The molecular weight excluding hydrogens is 248 g/mol. The van der Waals surface area contributed by atoms with E-state index in [0.717, 1.165) is 25.0 Å². The van der Waals surface area contributed by atoms with Crippen LogP contribution in [-0.2, 0) is 11.2 Å². The van der Waals surface area contributed by atoms with Gasteiger partial charge in [0.05, 0.1) is 5.60 Å². The Labute approximate surface area is 122 Å². The van der Waals surface area contributed by atoms with Gasteiger partial charge in [0.25, 0.3) is 0 Å². The maximum atomic E-state index is 5.81. The maximum Gasteiger partial charge on any atom is 0.121 e. The molecule has 2 nitrogen and oxygen atoms in total. The van der Waals surface area contributed by atoms with Crippen LogP contribution >= 0.6 is 0 Å². The Hall–Kier alpha value is -1.28. The number of hydrogen-bond acceptors (Lipinski definition) is 2. The van der Waals surface area contributed by atoms with E-state index in [9.17, 15) is 0 Å². The molecule has 0 saturated carbocycles. The standard InChI is InChI=1S/C18H26O2/c1-5-15-8-10-16(11-9-15)19-13-17-18(4,20-17)12-6-7-14(2)3/h7-11,17H,5-6,12-13H2,1-4H3. The molecule has 2 unspecified atom stereocenters. The first-order valence-corrected chi connectivity index (χ1v) is 7.56. The largest absolute Gasteiger partial charge is 0.491 e. The molecule has 1 aromatic rings. The van der Waals surface area contributed by atoms with Gasteiger partial charge in [0.15, 0.2) is 0 Å². The zero-order chi connectivity index (χ0) is 14.6. The summed E-state index contributed by atoms with van der Waals surface area (Å²) in [5.41, 5.74) is 2.72. The lowest BCUT2D eigenvalue weighted by Crippen LogP contribution is -2.15. The fraction of sp³-hybridized carbons (Fsp3) is 0.556. The van der Waals surface area contributed by atoms with E-state index >= 15 is 0 Å². The molecule has 110 valence electrons. The highest BCUT2D eigenvalue weighted by Gasteiger charge is 2.51. The quantitative estimate of drug-likeness (QED) is 0.538. The Morgan fingerprint density at radius 1 is 1.30 bits per heavy atom. The van der Waals surface area contributed by atoms with Crippen molar-refractivity contribution in [3.05, 3.63) is 41.5 Å². The summed E-state index contributed by atoms with van der Waals surface area (Å²) in [6.07, 6.45) is 5.73. The number of benzene rings is 1. The number of rotatable bonds is 7. The Morgan fingerprint density at radius 3 is 2.60 bits per heavy atom. The highest BCUT2D eigenvalue weighted by Crippen LogP contribution is 2.40. The van der Waals surface area contributed by atoms with Crippen LogP contribution < -0.4 is 4.74 Å². The molecule has 20 heavy (non-hydrogen) atoms. The van der Waals surface area contributed by atoms with Crippen LogP contribution in [0.15, 0.2) is 35.9 Å². The number of aryl methyl sites for hydroxylation is 1. The second-order valence-electron chi connectivity index (χ2n) is 6.05. The lowest BCUT2D eigenvalue weighted by atomic mass is 10.0. The molecule has 0 amide bonds. The van der Waals surface area contributed by atoms with Crippen molar-refractivity contribution >= 4 is 0 Å². The van der Waals surface area contributed by atoms with Gasteiger partial charge in [0.2, 0.25) is 0 Å². The lowest BCUT2D eigenvalue weighted by Gasteiger charge is -2.07. The van der Waals surface area contributed by atoms with Crippen LogP contribution in [0.3, 0.4) is 0 Å². The van der Waals surface area contributed by atoms with Crippen LogP contribution in [0.1, 0.15) is 46.1 Å². The summed E-state index contributed by atoms with van der Waals surface area (Å²) in [6, 6.07) is 8.33. The highest BCUT2D eigenvalue weighted by molar-refractivity contribution is 5.27. The lowest BCUT2D eigenvalue weighted by molar-refractivity contribution is 0.249. The highest BCUT2D eigenvalue weighted by atomic mass is 16.6. The van der Waals surface area contributed by atoms with Crippen molar-refractivity contribution in [2.45, 2.75) is 58.7 Å². The van der Waals surface area contributed by atoms with Crippen LogP contribution in [0.5, 0.6) is 5.75 Å². The third-order valence-electron chi connectivity index (χ3n) is 3.96. The second-order valence-corrected chi connectivity index (χ2v) is 6.05.